The molecule has 3 heteroatoms. The number of ketones is 1. The van der Waals surface area contributed by atoms with Gasteiger partial charge in [-0.3, -0.25) is 9.59 Å². The fourth-order valence-corrected chi connectivity index (χ4v) is 0.951. The van der Waals surface area contributed by atoms with Gasteiger partial charge in [0.25, 0.3) is 0 Å². The van der Waals surface area contributed by atoms with Crippen LogP contribution in [-0.4, -0.2) is 17.7 Å². The molecule has 13 heavy (non-hydrogen) atoms. The van der Waals surface area contributed by atoms with Crippen LogP contribution in [0.1, 0.15) is 34.6 Å². The first-order valence-corrected chi connectivity index (χ1v) is 4.70. The molecule has 0 radical (unpaired) electrons. The summed E-state index contributed by atoms with van der Waals surface area (Å²) in [6.07, 6.45) is 0. The van der Waals surface area contributed by atoms with Crippen molar-refractivity contribution in [3.05, 3.63) is 0 Å². The van der Waals surface area contributed by atoms with Crippen LogP contribution < -0.4 is 5.32 Å². The third-order valence-electron chi connectivity index (χ3n) is 1.88. The molecule has 0 aromatic carbocycles. The van der Waals surface area contributed by atoms with E-state index < -0.39 is 0 Å². The number of carbonyl (C=O) groups is 2. The van der Waals surface area contributed by atoms with E-state index in [4.69, 9.17) is 0 Å². The van der Waals surface area contributed by atoms with Crippen molar-refractivity contribution in [2.75, 3.05) is 0 Å². The van der Waals surface area contributed by atoms with E-state index in [9.17, 15) is 9.59 Å². The van der Waals surface area contributed by atoms with Gasteiger partial charge in [-0.05, 0) is 6.92 Å². The van der Waals surface area contributed by atoms with Crippen molar-refractivity contribution in [1.82, 2.24) is 5.32 Å². The van der Waals surface area contributed by atoms with Crippen molar-refractivity contribution in [2.24, 2.45) is 11.8 Å². The minimum Gasteiger partial charge on any atom is -0.346 e. The van der Waals surface area contributed by atoms with Gasteiger partial charge < -0.3 is 5.32 Å². The van der Waals surface area contributed by atoms with E-state index in [-0.39, 0.29) is 29.6 Å². The molecule has 0 saturated carbocycles. The quantitative estimate of drug-likeness (QED) is 0.719. The second-order valence-corrected chi connectivity index (χ2v) is 3.94. The Kier molecular flexibility index (Phi) is 4.67. The van der Waals surface area contributed by atoms with E-state index in [0.717, 1.165) is 0 Å². The molecule has 0 unspecified atom stereocenters. The maximum Gasteiger partial charge on any atom is 0.223 e. The average Bonchev–Trinajstić information content (AvgIpc) is 2.02. The second-order valence-electron chi connectivity index (χ2n) is 3.94. The Morgan fingerprint density at radius 3 is 1.69 bits per heavy atom. The van der Waals surface area contributed by atoms with Gasteiger partial charge in [0, 0.05) is 11.8 Å². The molecule has 0 spiro atoms. The van der Waals surface area contributed by atoms with Gasteiger partial charge in [0.1, 0.15) is 0 Å². The van der Waals surface area contributed by atoms with Gasteiger partial charge in [-0.2, -0.15) is 0 Å². The van der Waals surface area contributed by atoms with Crippen LogP contribution in [0.5, 0.6) is 0 Å². The molecule has 1 atom stereocenters. The zero-order valence-corrected chi connectivity index (χ0v) is 9.05. The van der Waals surface area contributed by atoms with Gasteiger partial charge in [-0.1, -0.05) is 27.7 Å². The predicted octanol–water partition coefficient (Wildman–Crippen LogP) is 1.37. The minimum absolute atomic E-state index is 0.0255. The largest absolute Gasteiger partial charge is 0.346 e. The lowest BCUT2D eigenvalue weighted by Gasteiger charge is -2.16. The van der Waals surface area contributed by atoms with Crippen LogP contribution in [-0.2, 0) is 9.59 Å². The number of carbonyl (C=O) groups excluding carboxylic acids is 2. The highest BCUT2D eigenvalue weighted by molar-refractivity contribution is 5.90. The third-order valence-corrected chi connectivity index (χ3v) is 1.88. The molecule has 0 aliphatic rings. The molecule has 3 nitrogen and oxygen atoms in total. The minimum atomic E-state index is -0.366. The smallest absolute Gasteiger partial charge is 0.223 e. The van der Waals surface area contributed by atoms with Gasteiger partial charge in [-0.15, -0.1) is 0 Å². The summed E-state index contributed by atoms with van der Waals surface area (Å²) in [6.45, 7) is 9.01. The summed E-state index contributed by atoms with van der Waals surface area (Å²) in [5, 5.41) is 2.67. The topological polar surface area (TPSA) is 46.2 Å². The van der Waals surface area contributed by atoms with Crippen LogP contribution in [0.15, 0.2) is 0 Å². The normalized spacial score (nSPS) is 13.2. The summed E-state index contributed by atoms with van der Waals surface area (Å²) in [6, 6.07) is -0.366. The van der Waals surface area contributed by atoms with Gasteiger partial charge in [0.2, 0.25) is 5.91 Å². The number of amides is 1. The van der Waals surface area contributed by atoms with Gasteiger partial charge in [-0.25, -0.2) is 0 Å². The third kappa shape index (κ3) is 4.06. The molecule has 0 fully saturated rings. The van der Waals surface area contributed by atoms with Crippen molar-refractivity contribution in [3.8, 4) is 0 Å². The Bertz CT molecular complexity index is 197. The summed E-state index contributed by atoms with van der Waals surface area (Å²) in [7, 11) is 0. The van der Waals surface area contributed by atoms with Crippen molar-refractivity contribution in [1.29, 1.82) is 0 Å². The number of Topliss-reactive ketones (excluding diaryl/α,β-unsaturated/α-hetero) is 1. The molecular formula is C10H19NO2. The van der Waals surface area contributed by atoms with Crippen LogP contribution in [0.2, 0.25) is 0 Å². The molecule has 1 amide bonds. The number of rotatable bonds is 4. The first-order valence-electron chi connectivity index (χ1n) is 4.70. The van der Waals surface area contributed by atoms with Crippen LogP contribution in [0.25, 0.3) is 0 Å². The zero-order valence-electron chi connectivity index (χ0n) is 9.05. The lowest BCUT2D eigenvalue weighted by Crippen LogP contribution is -2.42. The Morgan fingerprint density at radius 1 is 0.923 bits per heavy atom. The molecule has 0 bridgehead atoms. The van der Waals surface area contributed by atoms with E-state index in [1.54, 1.807) is 6.92 Å². The SMILES string of the molecule is CC(C)C(=O)N[C@H](C)C(=O)C(C)C. The molecule has 0 aromatic rings. The summed E-state index contributed by atoms with van der Waals surface area (Å²) in [5.41, 5.74) is 0. The number of nitrogens with one attached hydrogen (secondary N) is 1. The number of hydrogen-bond acceptors (Lipinski definition) is 2. The Labute approximate surface area is 79.9 Å². The highest BCUT2D eigenvalue weighted by Gasteiger charge is 2.19. The summed E-state index contributed by atoms with van der Waals surface area (Å²) >= 11 is 0. The average molecular weight is 185 g/mol. The van der Waals surface area contributed by atoms with E-state index in [1.165, 1.54) is 0 Å². The van der Waals surface area contributed by atoms with Crippen LogP contribution in [0.4, 0.5) is 0 Å². The molecular weight excluding hydrogens is 166 g/mol. The van der Waals surface area contributed by atoms with Crippen LogP contribution >= 0.6 is 0 Å². The molecule has 76 valence electrons. The second kappa shape index (κ2) is 5.00. The maximum atomic E-state index is 11.4. The lowest BCUT2D eigenvalue weighted by molar-refractivity contribution is -0.130. The van der Waals surface area contributed by atoms with E-state index in [2.05, 4.69) is 5.32 Å². The highest BCUT2D eigenvalue weighted by atomic mass is 16.2. The molecule has 0 aliphatic heterocycles. The monoisotopic (exact) mass is 185 g/mol. The van der Waals surface area contributed by atoms with Crippen molar-refractivity contribution in [2.45, 2.75) is 40.7 Å². The van der Waals surface area contributed by atoms with Gasteiger partial charge >= 0.3 is 0 Å². The zero-order chi connectivity index (χ0) is 10.6. The summed E-state index contributed by atoms with van der Waals surface area (Å²) in [4.78, 5) is 22.6. The molecule has 0 aromatic heterocycles. The highest BCUT2D eigenvalue weighted by Crippen LogP contribution is 2.00. The fraction of sp³-hybridized carbons (Fsp3) is 0.800. The first-order chi connectivity index (χ1) is 5.86. The molecule has 0 heterocycles. The number of hydrogen-bond donors (Lipinski definition) is 1. The van der Waals surface area contributed by atoms with Crippen molar-refractivity contribution >= 4 is 11.7 Å². The van der Waals surface area contributed by atoms with Gasteiger partial charge in [0.05, 0.1) is 6.04 Å². The van der Waals surface area contributed by atoms with Crippen LogP contribution in [0, 0.1) is 11.8 Å². The Hall–Kier alpha value is -0.860. The Morgan fingerprint density at radius 2 is 1.38 bits per heavy atom. The first kappa shape index (κ1) is 12.1. The van der Waals surface area contributed by atoms with E-state index in [1.807, 2.05) is 27.7 Å². The molecule has 1 N–H and O–H groups in total. The standard InChI is InChI=1S/C10H19NO2/c1-6(2)9(12)8(5)11-10(13)7(3)4/h6-8H,1-5H3,(H,11,13)/t8-/m1/s1. The molecule has 0 rings (SSSR count). The summed E-state index contributed by atoms with van der Waals surface area (Å²) < 4.78 is 0. The van der Waals surface area contributed by atoms with E-state index in [0.29, 0.717) is 0 Å². The predicted molar refractivity (Wildman–Crippen MR) is 52.3 cm³/mol. The fourth-order valence-electron chi connectivity index (χ4n) is 0.951. The lowest BCUT2D eigenvalue weighted by atomic mass is 10.0. The molecule has 0 saturated heterocycles. The van der Waals surface area contributed by atoms with Gasteiger partial charge in [0.15, 0.2) is 5.78 Å². The maximum absolute atomic E-state index is 11.4. The molecule has 0 aliphatic carbocycles. The van der Waals surface area contributed by atoms with E-state index >= 15 is 0 Å². The van der Waals surface area contributed by atoms with Crippen LogP contribution in [0.3, 0.4) is 0 Å². The van der Waals surface area contributed by atoms with Crippen molar-refractivity contribution < 1.29 is 9.59 Å². The Balaban J connectivity index is 4.08. The van der Waals surface area contributed by atoms with Crippen molar-refractivity contribution in [3.63, 3.8) is 0 Å². The summed E-state index contributed by atoms with van der Waals surface area (Å²) in [5.74, 6) is -0.0830.